The zero-order chi connectivity index (χ0) is 11.3. The molecule has 0 aliphatic carbocycles. The van der Waals surface area contributed by atoms with Crippen LogP contribution in [0.1, 0.15) is 19.8 Å². The highest BCUT2D eigenvalue weighted by Gasteiger charge is 2.31. The second kappa shape index (κ2) is 5.75. The summed E-state index contributed by atoms with van der Waals surface area (Å²) in [4.78, 5) is 33.2. The molecule has 0 aromatic heterocycles. The van der Waals surface area contributed by atoms with Gasteiger partial charge in [0.1, 0.15) is 0 Å². The van der Waals surface area contributed by atoms with E-state index in [-0.39, 0.29) is 29.9 Å². The SMILES string of the molecule is CCCNC(=O)CSC1CC(=O)NC1=O. The van der Waals surface area contributed by atoms with E-state index in [1.54, 1.807) is 0 Å². The minimum absolute atomic E-state index is 0.0889. The van der Waals surface area contributed by atoms with E-state index in [1.807, 2.05) is 6.92 Å². The molecule has 1 saturated heterocycles. The highest BCUT2D eigenvalue weighted by molar-refractivity contribution is 8.01. The first kappa shape index (κ1) is 12.0. The molecule has 0 aromatic rings. The molecule has 1 rings (SSSR count). The normalized spacial score (nSPS) is 20.2. The lowest BCUT2D eigenvalue weighted by Gasteiger charge is -2.05. The molecule has 3 amide bonds. The summed E-state index contributed by atoms with van der Waals surface area (Å²) >= 11 is 1.21. The van der Waals surface area contributed by atoms with Crippen molar-refractivity contribution in [2.75, 3.05) is 12.3 Å². The molecule has 5 nitrogen and oxygen atoms in total. The Bertz CT molecular complexity index is 281. The van der Waals surface area contributed by atoms with Gasteiger partial charge in [-0.1, -0.05) is 6.92 Å². The second-order valence-electron chi connectivity index (χ2n) is 3.27. The van der Waals surface area contributed by atoms with Gasteiger partial charge in [0, 0.05) is 13.0 Å². The maximum absolute atomic E-state index is 11.2. The van der Waals surface area contributed by atoms with Gasteiger partial charge < -0.3 is 5.32 Å². The fraction of sp³-hybridized carbons (Fsp3) is 0.667. The van der Waals surface area contributed by atoms with Gasteiger partial charge in [-0.05, 0) is 6.42 Å². The minimum atomic E-state index is -0.398. The Balaban J connectivity index is 2.22. The van der Waals surface area contributed by atoms with Crippen molar-refractivity contribution in [1.29, 1.82) is 0 Å². The van der Waals surface area contributed by atoms with Gasteiger partial charge in [-0.2, -0.15) is 0 Å². The zero-order valence-electron chi connectivity index (χ0n) is 8.54. The van der Waals surface area contributed by atoms with Gasteiger partial charge in [-0.25, -0.2) is 0 Å². The van der Waals surface area contributed by atoms with E-state index in [2.05, 4.69) is 10.6 Å². The highest BCUT2D eigenvalue weighted by atomic mass is 32.2. The Morgan fingerprint density at radius 3 is 2.87 bits per heavy atom. The predicted molar refractivity (Wildman–Crippen MR) is 57.3 cm³/mol. The monoisotopic (exact) mass is 230 g/mol. The number of imide groups is 1. The summed E-state index contributed by atoms with van der Waals surface area (Å²) in [5, 5.41) is 4.51. The molecule has 15 heavy (non-hydrogen) atoms. The smallest absolute Gasteiger partial charge is 0.240 e. The predicted octanol–water partition coefficient (Wildman–Crippen LogP) is -0.339. The number of hydrogen-bond acceptors (Lipinski definition) is 4. The average Bonchev–Trinajstić information content (AvgIpc) is 2.51. The molecule has 0 radical (unpaired) electrons. The third-order valence-corrected chi connectivity index (χ3v) is 3.13. The Morgan fingerprint density at radius 2 is 2.33 bits per heavy atom. The van der Waals surface area contributed by atoms with Crippen LogP contribution in [-0.4, -0.2) is 35.3 Å². The van der Waals surface area contributed by atoms with Crippen LogP contribution in [0, 0.1) is 0 Å². The van der Waals surface area contributed by atoms with E-state index >= 15 is 0 Å². The topological polar surface area (TPSA) is 75.3 Å². The van der Waals surface area contributed by atoms with Crippen LogP contribution in [0.15, 0.2) is 0 Å². The highest BCUT2D eigenvalue weighted by Crippen LogP contribution is 2.18. The van der Waals surface area contributed by atoms with Crippen LogP contribution >= 0.6 is 11.8 Å². The Kier molecular flexibility index (Phi) is 4.61. The molecule has 1 heterocycles. The van der Waals surface area contributed by atoms with E-state index in [1.165, 1.54) is 11.8 Å². The molecule has 0 saturated carbocycles. The van der Waals surface area contributed by atoms with Crippen LogP contribution in [0.4, 0.5) is 0 Å². The largest absolute Gasteiger partial charge is 0.355 e. The molecule has 2 N–H and O–H groups in total. The van der Waals surface area contributed by atoms with Gasteiger partial charge >= 0.3 is 0 Å². The quantitative estimate of drug-likeness (QED) is 0.634. The second-order valence-corrected chi connectivity index (χ2v) is 4.46. The molecule has 1 atom stereocenters. The van der Waals surface area contributed by atoms with Crippen LogP contribution in [0.25, 0.3) is 0 Å². The molecule has 6 heteroatoms. The van der Waals surface area contributed by atoms with Crippen LogP contribution in [0.3, 0.4) is 0 Å². The number of thioether (sulfide) groups is 1. The van der Waals surface area contributed by atoms with Gasteiger partial charge in [0.05, 0.1) is 11.0 Å². The third-order valence-electron chi connectivity index (χ3n) is 1.91. The number of amides is 3. The van der Waals surface area contributed by atoms with E-state index < -0.39 is 5.25 Å². The Morgan fingerprint density at radius 1 is 1.60 bits per heavy atom. The molecular formula is C9H14N2O3S. The van der Waals surface area contributed by atoms with Crippen molar-refractivity contribution in [2.24, 2.45) is 0 Å². The molecular weight excluding hydrogens is 216 g/mol. The maximum Gasteiger partial charge on any atom is 0.240 e. The van der Waals surface area contributed by atoms with E-state index in [4.69, 9.17) is 0 Å². The van der Waals surface area contributed by atoms with Crippen LogP contribution < -0.4 is 10.6 Å². The van der Waals surface area contributed by atoms with Crippen molar-refractivity contribution < 1.29 is 14.4 Å². The number of hydrogen-bond donors (Lipinski definition) is 2. The van der Waals surface area contributed by atoms with Gasteiger partial charge in [0.25, 0.3) is 0 Å². The summed E-state index contributed by atoms with van der Waals surface area (Å²) in [5.41, 5.74) is 0. The number of rotatable bonds is 5. The van der Waals surface area contributed by atoms with E-state index in [9.17, 15) is 14.4 Å². The fourth-order valence-corrected chi connectivity index (χ4v) is 2.09. The summed E-state index contributed by atoms with van der Waals surface area (Å²) < 4.78 is 0. The van der Waals surface area contributed by atoms with E-state index in [0.717, 1.165) is 6.42 Å². The molecule has 84 valence electrons. The lowest BCUT2D eigenvalue weighted by molar-refractivity contribution is -0.124. The average molecular weight is 230 g/mol. The summed E-state index contributed by atoms with van der Waals surface area (Å²) in [6.45, 7) is 2.62. The summed E-state index contributed by atoms with van der Waals surface area (Å²) in [5.74, 6) is -0.403. The summed E-state index contributed by atoms with van der Waals surface area (Å²) in [7, 11) is 0. The summed E-state index contributed by atoms with van der Waals surface area (Å²) in [6, 6.07) is 0. The van der Waals surface area contributed by atoms with Crippen molar-refractivity contribution in [1.82, 2.24) is 10.6 Å². The molecule has 0 aromatic carbocycles. The zero-order valence-corrected chi connectivity index (χ0v) is 9.36. The van der Waals surface area contributed by atoms with Crippen molar-refractivity contribution in [3.05, 3.63) is 0 Å². The van der Waals surface area contributed by atoms with Gasteiger partial charge in [0.2, 0.25) is 17.7 Å². The summed E-state index contributed by atoms with van der Waals surface area (Å²) in [6.07, 6.45) is 1.07. The van der Waals surface area contributed by atoms with Gasteiger partial charge in [0.15, 0.2) is 0 Å². The molecule has 0 spiro atoms. The fourth-order valence-electron chi connectivity index (χ4n) is 1.16. The molecule has 1 fully saturated rings. The van der Waals surface area contributed by atoms with Gasteiger partial charge in [-0.15, -0.1) is 11.8 Å². The third kappa shape index (κ3) is 3.91. The number of nitrogens with one attached hydrogen (secondary N) is 2. The van der Waals surface area contributed by atoms with E-state index in [0.29, 0.717) is 6.54 Å². The number of carbonyl (C=O) groups excluding carboxylic acids is 3. The molecule has 0 bridgehead atoms. The van der Waals surface area contributed by atoms with Crippen molar-refractivity contribution in [3.8, 4) is 0 Å². The van der Waals surface area contributed by atoms with Crippen LogP contribution in [0.5, 0.6) is 0 Å². The first-order chi connectivity index (χ1) is 7.13. The van der Waals surface area contributed by atoms with Crippen molar-refractivity contribution >= 4 is 29.5 Å². The first-order valence-electron chi connectivity index (χ1n) is 4.85. The molecule has 1 unspecified atom stereocenters. The standard InChI is InChI=1S/C9H14N2O3S/c1-2-3-10-8(13)5-15-6-4-7(12)11-9(6)14/h6H,2-5H2,1H3,(H,10,13)(H,11,12,14). The van der Waals surface area contributed by atoms with Crippen LogP contribution in [-0.2, 0) is 14.4 Å². The minimum Gasteiger partial charge on any atom is -0.355 e. The molecule has 1 aliphatic rings. The molecule has 1 aliphatic heterocycles. The van der Waals surface area contributed by atoms with Gasteiger partial charge in [-0.3, -0.25) is 19.7 Å². The Hall–Kier alpha value is -1.04. The number of carbonyl (C=O) groups is 3. The van der Waals surface area contributed by atoms with Crippen LogP contribution in [0.2, 0.25) is 0 Å². The van der Waals surface area contributed by atoms with Crippen molar-refractivity contribution in [3.63, 3.8) is 0 Å². The Labute approximate surface area is 92.4 Å². The lowest BCUT2D eigenvalue weighted by atomic mass is 10.4. The van der Waals surface area contributed by atoms with Crippen molar-refractivity contribution in [2.45, 2.75) is 25.0 Å². The first-order valence-corrected chi connectivity index (χ1v) is 5.90. The maximum atomic E-state index is 11.2. The lowest BCUT2D eigenvalue weighted by Crippen LogP contribution is -2.28.